The minimum atomic E-state index is -0.331. The SMILES string of the molecule is CNC(C(=O)N1CCC(c2cccc(OC)c2)CC1)c1cnn(C)c1. The summed E-state index contributed by atoms with van der Waals surface area (Å²) in [5.74, 6) is 1.49. The molecule has 134 valence electrons. The summed E-state index contributed by atoms with van der Waals surface area (Å²) in [7, 11) is 5.37. The number of likely N-dealkylation sites (N-methyl/N-ethyl adjacent to an activating group) is 1. The molecule has 1 N–H and O–H groups in total. The molecule has 1 amide bonds. The van der Waals surface area contributed by atoms with Crippen molar-refractivity contribution in [1.82, 2.24) is 20.0 Å². The molecule has 1 aliphatic heterocycles. The first-order valence-corrected chi connectivity index (χ1v) is 8.71. The highest BCUT2D eigenvalue weighted by molar-refractivity contribution is 5.83. The highest BCUT2D eigenvalue weighted by Gasteiger charge is 2.29. The summed E-state index contributed by atoms with van der Waals surface area (Å²) < 4.78 is 7.05. The number of hydrogen-bond donors (Lipinski definition) is 1. The van der Waals surface area contributed by atoms with Crippen LogP contribution in [0.4, 0.5) is 0 Å². The van der Waals surface area contributed by atoms with Crippen molar-refractivity contribution >= 4 is 5.91 Å². The Bertz CT molecular complexity index is 720. The molecule has 0 saturated carbocycles. The molecule has 0 aliphatic carbocycles. The van der Waals surface area contributed by atoms with E-state index in [9.17, 15) is 4.79 Å². The Balaban J connectivity index is 1.63. The van der Waals surface area contributed by atoms with Gasteiger partial charge < -0.3 is 15.0 Å². The third kappa shape index (κ3) is 3.85. The van der Waals surface area contributed by atoms with Crippen molar-refractivity contribution < 1.29 is 9.53 Å². The topological polar surface area (TPSA) is 59.4 Å². The van der Waals surface area contributed by atoms with E-state index in [4.69, 9.17) is 4.74 Å². The van der Waals surface area contributed by atoms with Crippen LogP contribution >= 0.6 is 0 Å². The van der Waals surface area contributed by atoms with Gasteiger partial charge in [-0.25, -0.2) is 0 Å². The summed E-state index contributed by atoms with van der Waals surface area (Å²) in [5, 5.41) is 7.30. The van der Waals surface area contributed by atoms with E-state index >= 15 is 0 Å². The number of carbonyl (C=O) groups excluding carboxylic acids is 1. The van der Waals surface area contributed by atoms with Crippen molar-refractivity contribution in [2.24, 2.45) is 7.05 Å². The van der Waals surface area contributed by atoms with Gasteiger partial charge in [0.15, 0.2) is 0 Å². The molecule has 1 unspecified atom stereocenters. The summed E-state index contributed by atoms with van der Waals surface area (Å²) in [6.45, 7) is 1.55. The Morgan fingerprint density at radius 1 is 1.36 bits per heavy atom. The number of likely N-dealkylation sites (tertiary alicyclic amines) is 1. The third-order valence-corrected chi connectivity index (χ3v) is 4.97. The molecule has 1 aromatic heterocycles. The Hall–Kier alpha value is -2.34. The lowest BCUT2D eigenvalue weighted by Crippen LogP contribution is -2.43. The number of aryl methyl sites for hydroxylation is 1. The lowest BCUT2D eigenvalue weighted by atomic mass is 9.89. The average molecular weight is 342 g/mol. The number of ether oxygens (including phenoxy) is 1. The van der Waals surface area contributed by atoms with E-state index in [1.165, 1.54) is 5.56 Å². The number of benzene rings is 1. The maximum absolute atomic E-state index is 12.9. The van der Waals surface area contributed by atoms with Crippen LogP contribution in [0.15, 0.2) is 36.7 Å². The van der Waals surface area contributed by atoms with Crippen LogP contribution in [0.3, 0.4) is 0 Å². The quantitative estimate of drug-likeness (QED) is 0.904. The summed E-state index contributed by atoms with van der Waals surface area (Å²) in [6, 6.07) is 7.92. The minimum Gasteiger partial charge on any atom is -0.497 e. The fourth-order valence-electron chi connectivity index (χ4n) is 3.53. The first-order chi connectivity index (χ1) is 12.1. The Labute approximate surface area is 148 Å². The second-order valence-electron chi connectivity index (χ2n) is 6.55. The van der Waals surface area contributed by atoms with Gasteiger partial charge in [-0.2, -0.15) is 5.10 Å². The highest BCUT2D eigenvalue weighted by Crippen LogP contribution is 2.31. The first-order valence-electron chi connectivity index (χ1n) is 8.71. The number of carbonyl (C=O) groups is 1. The van der Waals surface area contributed by atoms with Gasteiger partial charge in [-0.05, 0) is 43.5 Å². The number of piperidine rings is 1. The summed E-state index contributed by atoms with van der Waals surface area (Å²) in [5.41, 5.74) is 2.20. The molecule has 3 rings (SSSR count). The van der Waals surface area contributed by atoms with E-state index in [0.717, 1.165) is 37.2 Å². The smallest absolute Gasteiger partial charge is 0.244 e. The number of nitrogens with one attached hydrogen (secondary N) is 1. The normalized spacial score (nSPS) is 16.7. The van der Waals surface area contributed by atoms with Crippen molar-refractivity contribution in [3.05, 3.63) is 47.8 Å². The Morgan fingerprint density at radius 2 is 2.12 bits per heavy atom. The zero-order chi connectivity index (χ0) is 17.8. The fraction of sp³-hybridized carbons (Fsp3) is 0.474. The molecule has 0 bridgehead atoms. The molecular formula is C19H26N4O2. The van der Waals surface area contributed by atoms with E-state index in [2.05, 4.69) is 22.5 Å². The van der Waals surface area contributed by atoms with Crippen molar-refractivity contribution in [2.45, 2.75) is 24.8 Å². The lowest BCUT2D eigenvalue weighted by molar-refractivity contribution is -0.134. The lowest BCUT2D eigenvalue weighted by Gasteiger charge is -2.34. The van der Waals surface area contributed by atoms with Crippen LogP contribution in [0.2, 0.25) is 0 Å². The van der Waals surface area contributed by atoms with Crippen LogP contribution in [0, 0.1) is 0 Å². The monoisotopic (exact) mass is 342 g/mol. The van der Waals surface area contributed by atoms with Gasteiger partial charge in [0.05, 0.1) is 13.3 Å². The Kier molecular flexibility index (Phi) is 5.38. The van der Waals surface area contributed by atoms with Gasteiger partial charge in [-0.1, -0.05) is 12.1 Å². The maximum Gasteiger partial charge on any atom is 0.244 e. The molecule has 1 fully saturated rings. The maximum atomic E-state index is 12.9. The fourth-order valence-corrected chi connectivity index (χ4v) is 3.53. The molecule has 0 spiro atoms. The summed E-state index contributed by atoms with van der Waals surface area (Å²) in [4.78, 5) is 14.9. The number of nitrogens with zero attached hydrogens (tertiary/aromatic N) is 3. The molecule has 2 aromatic rings. The second-order valence-corrected chi connectivity index (χ2v) is 6.55. The standard InChI is InChI=1S/C19H26N4O2/c1-20-18(16-12-21-22(2)13-16)19(24)23-9-7-14(8-10-23)15-5-4-6-17(11-15)25-3/h4-6,11-14,18,20H,7-10H2,1-3H3. The van der Waals surface area contributed by atoms with Crippen LogP contribution < -0.4 is 10.1 Å². The predicted molar refractivity (Wildman–Crippen MR) is 96.6 cm³/mol. The van der Waals surface area contributed by atoms with E-state index in [1.54, 1.807) is 18.0 Å². The van der Waals surface area contributed by atoms with Gasteiger partial charge >= 0.3 is 0 Å². The molecule has 1 aromatic carbocycles. The zero-order valence-corrected chi connectivity index (χ0v) is 15.1. The van der Waals surface area contributed by atoms with Gasteiger partial charge in [0, 0.05) is 31.9 Å². The van der Waals surface area contributed by atoms with Crippen LogP contribution in [-0.4, -0.2) is 47.8 Å². The number of rotatable bonds is 5. The van der Waals surface area contributed by atoms with Crippen molar-refractivity contribution in [3.8, 4) is 5.75 Å². The molecule has 25 heavy (non-hydrogen) atoms. The van der Waals surface area contributed by atoms with E-state index in [1.807, 2.05) is 37.3 Å². The van der Waals surface area contributed by atoms with Crippen LogP contribution in [0.1, 0.15) is 35.9 Å². The predicted octanol–water partition coefficient (Wildman–Crippen LogP) is 2.10. The first kappa shape index (κ1) is 17.5. The molecule has 6 nitrogen and oxygen atoms in total. The molecule has 1 atom stereocenters. The Morgan fingerprint density at radius 3 is 2.72 bits per heavy atom. The molecule has 2 heterocycles. The van der Waals surface area contributed by atoms with E-state index < -0.39 is 0 Å². The van der Waals surface area contributed by atoms with Crippen LogP contribution in [-0.2, 0) is 11.8 Å². The van der Waals surface area contributed by atoms with Gasteiger partial charge in [0.25, 0.3) is 0 Å². The van der Waals surface area contributed by atoms with Gasteiger partial charge in [0.2, 0.25) is 5.91 Å². The number of methoxy groups -OCH3 is 1. The minimum absolute atomic E-state index is 0.125. The second kappa shape index (κ2) is 7.70. The number of aromatic nitrogens is 2. The van der Waals surface area contributed by atoms with Gasteiger partial charge in [-0.15, -0.1) is 0 Å². The van der Waals surface area contributed by atoms with Crippen LogP contribution in [0.5, 0.6) is 5.75 Å². The van der Waals surface area contributed by atoms with Gasteiger partial charge in [0.1, 0.15) is 11.8 Å². The highest BCUT2D eigenvalue weighted by atomic mass is 16.5. The molecule has 1 aliphatic rings. The van der Waals surface area contributed by atoms with Crippen molar-refractivity contribution in [2.75, 3.05) is 27.2 Å². The molecule has 0 radical (unpaired) electrons. The summed E-state index contributed by atoms with van der Waals surface area (Å²) in [6.07, 6.45) is 5.59. The molecule has 1 saturated heterocycles. The molecule has 6 heteroatoms. The van der Waals surface area contributed by atoms with Crippen molar-refractivity contribution in [3.63, 3.8) is 0 Å². The average Bonchev–Trinajstić information content (AvgIpc) is 3.08. The third-order valence-electron chi connectivity index (χ3n) is 4.97. The number of hydrogen-bond acceptors (Lipinski definition) is 4. The van der Waals surface area contributed by atoms with Crippen LogP contribution in [0.25, 0.3) is 0 Å². The van der Waals surface area contributed by atoms with E-state index in [-0.39, 0.29) is 11.9 Å². The van der Waals surface area contributed by atoms with E-state index in [0.29, 0.717) is 5.92 Å². The number of amides is 1. The van der Waals surface area contributed by atoms with Gasteiger partial charge in [-0.3, -0.25) is 9.48 Å². The molecular weight excluding hydrogens is 316 g/mol. The largest absolute Gasteiger partial charge is 0.497 e. The van der Waals surface area contributed by atoms with Crippen molar-refractivity contribution in [1.29, 1.82) is 0 Å². The zero-order valence-electron chi connectivity index (χ0n) is 15.1. The summed E-state index contributed by atoms with van der Waals surface area (Å²) >= 11 is 0.